The van der Waals surface area contributed by atoms with Crippen molar-refractivity contribution in [3.63, 3.8) is 0 Å². The van der Waals surface area contributed by atoms with Gasteiger partial charge in [-0.25, -0.2) is 9.97 Å². The molecule has 0 spiro atoms. The maximum Gasteiger partial charge on any atom is 0.272 e. The van der Waals surface area contributed by atoms with E-state index >= 15 is 0 Å². The van der Waals surface area contributed by atoms with E-state index in [1.54, 1.807) is 6.07 Å². The molecule has 0 aliphatic heterocycles. The third kappa shape index (κ3) is 4.81. The number of hydrogen-bond donors (Lipinski definition) is 0. The Bertz CT molecular complexity index is 739. The second-order valence-corrected chi connectivity index (χ2v) is 6.57. The Hall–Kier alpha value is -2.43. The van der Waals surface area contributed by atoms with Gasteiger partial charge in [0.2, 0.25) is 5.95 Å². The second-order valence-electron chi connectivity index (χ2n) is 6.57. The summed E-state index contributed by atoms with van der Waals surface area (Å²) < 4.78 is 0. The molecule has 1 heterocycles. The Morgan fingerprint density at radius 3 is 2.27 bits per heavy atom. The van der Waals surface area contributed by atoms with Gasteiger partial charge in [-0.1, -0.05) is 26.0 Å². The lowest BCUT2D eigenvalue weighted by molar-refractivity contribution is 0.0749. The number of nitrogens with zero attached hydrogens (tertiary/aromatic N) is 4. The molecular weight excluding hydrogens is 324 g/mol. The van der Waals surface area contributed by atoms with Crippen molar-refractivity contribution in [3.8, 4) is 0 Å². The average molecular weight is 354 g/mol. The minimum Gasteiger partial charge on any atom is -0.337 e. The lowest BCUT2D eigenvalue weighted by Gasteiger charge is -2.24. The zero-order valence-electron chi connectivity index (χ0n) is 16.6. The molecule has 5 nitrogen and oxygen atoms in total. The summed E-state index contributed by atoms with van der Waals surface area (Å²) in [5.74, 6) is 0.565. The third-order valence-electron chi connectivity index (χ3n) is 4.21. The molecule has 1 aromatic carbocycles. The molecule has 0 radical (unpaired) electrons. The number of anilines is 2. The van der Waals surface area contributed by atoms with Crippen LogP contribution in [-0.2, 0) is 0 Å². The van der Waals surface area contributed by atoms with E-state index in [1.807, 2.05) is 28.9 Å². The van der Waals surface area contributed by atoms with E-state index in [0.29, 0.717) is 11.6 Å². The second kappa shape index (κ2) is 9.32. The van der Waals surface area contributed by atoms with Crippen LogP contribution in [0.15, 0.2) is 30.3 Å². The third-order valence-corrected chi connectivity index (χ3v) is 4.21. The van der Waals surface area contributed by atoms with E-state index in [1.165, 1.54) is 5.56 Å². The number of aryl methyl sites for hydroxylation is 2. The Labute approximate surface area is 157 Å². The minimum atomic E-state index is -0.0132. The molecule has 0 unspecified atom stereocenters. The smallest absolute Gasteiger partial charge is 0.272 e. The summed E-state index contributed by atoms with van der Waals surface area (Å²) in [4.78, 5) is 26.1. The fraction of sp³-hybridized carbons (Fsp3) is 0.476. The Kier molecular flexibility index (Phi) is 7.13. The molecule has 0 aliphatic carbocycles. The Balaban J connectivity index is 2.40. The number of carbonyl (C=O) groups is 1. The van der Waals surface area contributed by atoms with Gasteiger partial charge in [0.25, 0.3) is 5.91 Å². The van der Waals surface area contributed by atoms with Gasteiger partial charge >= 0.3 is 0 Å². The topological polar surface area (TPSA) is 49.3 Å². The SMILES string of the molecule is CCCN(CCC)C(=O)c1cc(C)nc(N(CC)c2cccc(C)c2)n1. The quantitative estimate of drug-likeness (QED) is 0.700. The first-order valence-corrected chi connectivity index (χ1v) is 9.49. The van der Waals surface area contributed by atoms with Crippen LogP contribution in [0, 0.1) is 13.8 Å². The van der Waals surface area contributed by atoms with Gasteiger partial charge in [0.15, 0.2) is 0 Å². The van der Waals surface area contributed by atoms with E-state index in [4.69, 9.17) is 0 Å². The van der Waals surface area contributed by atoms with Gasteiger partial charge in [-0.05, 0) is 57.4 Å². The van der Waals surface area contributed by atoms with E-state index < -0.39 is 0 Å². The molecule has 0 fully saturated rings. The number of hydrogen-bond acceptors (Lipinski definition) is 4. The van der Waals surface area contributed by atoms with E-state index in [-0.39, 0.29) is 5.91 Å². The van der Waals surface area contributed by atoms with Gasteiger partial charge in [-0.3, -0.25) is 4.79 Å². The molecule has 0 saturated carbocycles. The number of benzene rings is 1. The maximum atomic E-state index is 12.9. The van der Waals surface area contributed by atoms with E-state index in [2.05, 4.69) is 49.8 Å². The van der Waals surface area contributed by atoms with Gasteiger partial charge in [0, 0.05) is 31.0 Å². The zero-order valence-corrected chi connectivity index (χ0v) is 16.6. The summed E-state index contributed by atoms with van der Waals surface area (Å²) in [7, 11) is 0. The highest BCUT2D eigenvalue weighted by atomic mass is 16.2. The summed E-state index contributed by atoms with van der Waals surface area (Å²) in [6.07, 6.45) is 1.88. The molecule has 0 N–H and O–H groups in total. The van der Waals surface area contributed by atoms with Crippen molar-refractivity contribution in [1.82, 2.24) is 14.9 Å². The molecule has 0 aliphatic rings. The van der Waals surface area contributed by atoms with Crippen LogP contribution in [-0.4, -0.2) is 40.4 Å². The minimum absolute atomic E-state index is 0.0132. The predicted molar refractivity (Wildman–Crippen MR) is 107 cm³/mol. The lowest BCUT2D eigenvalue weighted by atomic mass is 10.2. The molecule has 1 aromatic heterocycles. The molecule has 0 atom stereocenters. The van der Waals surface area contributed by atoms with Crippen LogP contribution in [0.25, 0.3) is 0 Å². The standard InChI is InChI=1S/C21H30N4O/c1-6-12-24(13-7-2)20(26)19-15-17(5)22-21(23-19)25(8-3)18-11-9-10-16(4)14-18/h9-11,14-15H,6-8,12-13H2,1-5H3. The monoisotopic (exact) mass is 354 g/mol. The molecule has 2 aromatic rings. The first kappa shape index (κ1) is 19.9. The molecule has 26 heavy (non-hydrogen) atoms. The Morgan fingerprint density at radius 1 is 1.00 bits per heavy atom. The molecule has 0 bridgehead atoms. The first-order valence-electron chi connectivity index (χ1n) is 9.49. The molecule has 140 valence electrons. The summed E-state index contributed by atoms with van der Waals surface area (Å²) in [6.45, 7) is 12.4. The van der Waals surface area contributed by atoms with Crippen LogP contribution in [0.2, 0.25) is 0 Å². The number of amides is 1. The van der Waals surface area contributed by atoms with Crippen molar-refractivity contribution in [3.05, 3.63) is 47.3 Å². The number of aromatic nitrogens is 2. The number of rotatable bonds is 8. The predicted octanol–water partition coefficient (Wildman–Crippen LogP) is 4.51. The van der Waals surface area contributed by atoms with E-state index in [9.17, 15) is 4.79 Å². The molecule has 1 amide bonds. The average Bonchev–Trinajstić information content (AvgIpc) is 2.61. The summed E-state index contributed by atoms with van der Waals surface area (Å²) >= 11 is 0. The first-order chi connectivity index (χ1) is 12.5. The van der Waals surface area contributed by atoms with Crippen LogP contribution in [0.1, 0.15) is 55.4 Å². The van der Waals surface area contributed by atoms with Gasteiger partial charge in [0.1, 0.15) is 5.69 Å². The van der Waals surface area contributed by atoms with Crippen molar-refractivity contribution in [2.24, 2.45) is 0 Å². The van der Waals surface area contributed by atoms with E-state index in [0.717, 1.165) is 43.9 Å². The van der Waals surface area contributed by atoms with Gasteiger partial charge in [0.05, 0.1) is 0 Å². The summed E-state index contributed by atoms with van der Waals surface area (Å²) in [5, 5.41) is 0. The van der Waals surface area contributed by atoms with Crippen LogP contribution < -0.4 is 4.90 Å². The van der Waals surface area contributed by atoms with Gasteiger partial charge in [-0.2, -0.15) is 0 Å². The molecular formula is C21H30N4O. The molecule has 0 saturated heterocycles. The normalized spacial score (nSPS) is 10.7. The summed E-state index contributed by atoms with van der Waals surface area (Å²) in [5.41, 5.74) is 3.50. The number of carbonyl (C=O) groups excluding carboxylic acids is 1. The van der Waals surface area contributed by atoms with Crippen molar-refractivity contribution in [1.29, 1.82) is 0 Å². The lowest BCUT2D eigenvalue weighted by Crippen LogP contribution is -2.33. The highest BCUT2D eigenvalue weighted by Gasteiger charge is 2.19. The van der Waals surface area contributed by atoms with Crippen LogP contribution in [0.4, 0.5) is 11.6 Å². The van der Waals surface area contributed by atoms with Crippen molar-refractivity contribution in [2.45, 2.75) is 47.5 Å². The van der Waals surface area contributed by atoms with Gasteiger partial charge in [-0.15, -0.1) is 0 Å². The fourth-order valence-corrected chi connectivity index (χ4v) is 3.04. The van der Waals surface area contributed by atoms with Crippen LogP contribution in [0.3, 0.4) is 0 Å². The van der Waals surface area contributed by atoms with Gasteiger partial charge < -0.3 is 9.80 Å². The summed E-state index contributed by atoms with van der Waals surface area (Å²) in [6, 6.07) is 10.0. The molecule has 2 rings (SSSR count). The molecule has 5 heteroatoms. The van der Waals surface area contributed by atoms with Crippen molar-refractivity contribution < 1.29 is 4.79 Å². The fourth-order valence-electron chi connectivity index (χ4n) is 3.04. The maximum absolute atomic E-state index is 12.9. The van der Waals surface area contributed by atoms with Crippen LogP contribution >= 0.6 is 0 Å². The Morgan fingerprint density at radius 2 is 1.69 bits per heavy atom. The highest BCUT2D eigenvalue weighted by molar-refractivity contribution is 5.92. The zero-order chi connectivity index (χ0) is 19.1. The van der Waals surface area contributed by atoms with Crippen molar-refractivity contribution >= 4 is 17.5 Å². The highest BCUT2D eigenvalue weighted by Crippen LogP contribution is 2.23. The van der Waals surface area contributed by atoms with Crippen LogP contribution in [0.5, 0.6) is 0 Å². The van der Waals surface area contributed by atoms with Crippen molar-refractivity contribution in [2.75, 3.05) is 24.5 Å². The largest absolute Gasteiger partial charge is 0.337 e.